The van der Waals surface area contributed by atoms with Crippen LogP contribution in [0.2, 0.25) is 0 Å². The largest absolute Gasteiger partial charge is 0.495 e. The van der Waals surface area contributed by atoms with E-state index in [1.807, 2.05) is 0 Å². The Morgan fingerprint density at radius 1 is 0.913 bits per heavy atom. The van der Waals surface area contributed by atoms with Crippen LogP contribution in [0.3, 0.4) is 0 Å². The van der Waals surface area contributed by atoms with Crippen molar-refractivity contribution < 1.29 is 36.9 Å². The molecule has 0 aromatic heterocycles. The molecule has 0 saturated carbocycles. The van der Waals surface area contributed by atoms with E-state index in [-0.39, 0.29) is 28.2 Å². The fourth-order valence-corrected chi connectivity index (χ4v) is 1.52. The average Bonchev–Trinajstić information content (AvgIpc) is 2.55. The van der Waals surface area contributed by atoms with Gasteiger partial charge in [0.25, 0.3) is 0 Å². The summed E-state index contributed by atoms with van der Waals surface area (Å²) in [6.45, 7) is 0. The fourth-order valence-electron chi connectivity index (χ4n) is 1.52. The maximum absolute atomic E-state index is 10.2. The molecular formula is C14H12CuN4O4. The molecule has 0 bridgehead atoms. The van der Waals surface area contributed by atoms with Crippen molar-refractivity contribution in [3.8, 4) is 0 Å². The first-order chi connectivity index (χ1) is 10.5. The molecule has 0 saturated heterocycles. The number of aliphatic hydroxyl groups is 2. The second-order valence-corrected chi connectivity index (χ2v) is 4.00. The summed E-state index contributed by atoms with van der Waals surface area (Å²) in [4.78, 5) is 27.8. The van der Waals surface area contributed by atoms with Crippen molar-refractivity contribution in [3.63, 3.8) is 0 Å². The summed E-state index contributed by atoms with van der Waals surface area (Å²) in [6.07, 6.45) is 8.90. The second kappa shape index (κ2) is 10.00. The van der Waals surface area contributed by atoms with Crippen molar-refractivity contribution in [2.24, 2.45) is 9.98 Å². The molecule has 2 atom stereocenters. The van der Waals surface area contributed by atoms with E-state index in [1.54, 1.807) is 24.0 Å². The maximum Gasteiger partial charge on any atom is 0.208 e. The summed E-state index contributed by atoms with van der Waals surface area (Å²) in [5.74, 6) is 1.93. The van der Waals surface area contributed by atoms with Crippen LogP contribution >= 0.6 is 0 Å². The SMILES string of the molecule is N=C(O)C1N=CC=CC1=C=O.N=C(O)C1N=CC=CC1=C=O.[Cu]. The van der Waals surface area contributed by atoms with Gasteiger partial charge in [0.15, 0.2) is 12.1 Å². The van der Waals surface area contributed by atoms with Gasteiger partial charge in [0.05, 0.1) is 11.1 Å². The summed E-state index contributed by atoms with van der Waals surface area (Å²) in [6, 6.07) is -1.70. The molecule has 0 amide bonds. The van der Waals surface area contributed by atoms with Crippen molar-refractivity contribution in [2.45, 2.75) is 12.1 Å². The molecule has 0 aromatic carbocycles. The molecule has 2 heterocycles. The van der Waals surface area contributed by atoms with E-state index in [0.717, 1.165) is 0 Å². The van der Waals surface area contributed by atoms with Crippen LogP contribution in [0, 0.1) is 10.8 Å². The number of carbonyl (C=O) groups excluding carboxylic acids is 2. The number of rotatable bonds is 2. The molecular weight excluding hydrogens is 352 g/mol. The smallest absolute Gasteiger partial charge is 0.208 e. The zero-order valence-electron chi connectivity index (χ0n) is 11.5. The minimum atomic E-state index is -0.850. The molecule has 2 aliphatic heterocycles. The van der Waals surface area contributed by atoms with E-state index in [1.165, 1.54) is 24.6 Å². The van der Waals surface area contributed by atoms with Crippen molar-refractivity contribution in [2.75, 3.05) is 0 Å². The molecule has 0 spiro atoms. The first-order valence-electron chi connectivity index (χ1n) is 5.95. The van der Waals surface area contributed by atoms with Crippen molar-refractivity contribution in [1.82, 2.24) is 0 Å². The number of aliphatic imine (C=N–C) groups is 2. The van der Waals surface area contributed by atoms with Crippen molar-refractivity contribution in [1.29, 1.82) is 10.8 Å². The quantitative estimate of drug-likeness (QED) is 0.246. The summed E-state index contributed by atoms with van der Waals surface area (Å²) in [7, 11) is 0. The van der Waals surface area contributed by atoms with E-state index in [2.05, 4.69) is 9.98 Å². The van der Waals surface area contributed by atoms with Crippen LogP contribution in [0.5, 0.6) is 0 Å². The summed E-state index contributed by atoms with van der Waals surface area (Å²) < 4.78 is 0. The fraction of sp³-hybridized carbons (Fsp3) is 0.143. The van der Waals surface area contributed by atoms with Gasteiger partial charge in [-0.2, -0.15) is 0 Å². The molecule has 0 aliphatic carbocycles. The first kappa shape index (κ1) is 20.2. The number of dihydropyridines is 2. The van der Waals surface area contributed by atoms with E-state index in [0.29, 0.717) is 0 Å². The van der Waals surface area contributed by atoms with Gasteiger partial charge in [-0.05, 0) is 24.3 Å². The first-order valence-corrected chi connectivity index (χ1v) is 5.95. The van der Waals surface area contributed by atoms with Gasteiger partial charge in [-0.25, -0.2) is 9.59 Å². The monoisotopic (exact) mass is 363 g/mol. The van der Waals surface area contributed by atoms with Crippen LogP contribution in [0.4, 0.5) is 0 Å². The normalized spacial score (nSPS) is 20.5. The van der Waals surface area contributed by atoms with Crippen molar-refractivity contribution >= 4 is 36.1 Å². The number of nitrogens with zero attached hydrogens (tertiary/aromatic N) is 2. The Kier molecular flexibility index (Phi) is 8.77. The standard InChI is InChI=1S/2C7H6N2O2.Cu/c2*8-7(11)6-5(4-10)2-1-3-9-6;/h2*1-3,6H,(H2,8,11);. The minimum absolute atomic E-state index is 0. The summed E-state index contributed by atoms with van der Waals surface area (Å²) in [5.41, 5.74) is 0.361. The number of nitrogens with one attached hydrogen (secondary N) is 2. The molecule has 9 heteroatoms. The third kappa shape index (κ3) is 5.82. The Morgan fingerprint density at radius 2 is 1.26 bits per heavy atom. The zero-order valence-corrected chi connectivity index (χ0v) is 12.5. The number of hydrogen-bond acceptors (Lipinski definition) is 6. The summed E-state index contributed by atoms with van der Waals surface area (Å²) in [5, 5.41) is 31.1. The van der Waals surface area contributed by atoms with E-state index < -0.39 is 23.9 Å². The predicted molar refractivity (Wildman–Crippen MR) is 82.0 cm³/mol. The molecule has 8 nitrogen and oxygen atoms in total. The van der Waals surface area contributed by atoms with Gasteiger partial charge >= 0.3 is 0 Å². The van der Waals surface area contributed by atoms with E-state index >= 15 is 0 Å². The topological polar surface area (TPSA) is 147 Å². The van der Waals surface area contributed by atoms with Gasteiger partial charge in [-0.15, -0.1) is 0 Å². The van der Waals surface area contributed by atoms with Gasteiger partial charge in [0.2, 0.25) is 11.8 Å². The van der Waals surface area contributed by atoms with Crippen molar-refractivity contribution in [3.05, 3.63) is 35.5 Å². The average molecular weight is 364 g/mol. The zero-order chi connectivity index (χ0) is 16.5. The number of hydrogen-bond donors (Lipinski definition) is 4. The van der Waals surface area contributed by atoms with Gasteiger partial charge in [-0.1, -0.05) is 0 Å². The summed E-state index contributed by atoms with van der Waals surface area (Å²) >= 11 is 0. The van der Waals surface area contributed by atoms with Crippen LogP contribution in [0.25, 0.3) is 0 Å². The molecule has 1 radical (unpaired) electrons. The predicted octanol–water partition coefficient (Wildman–Crippen LogP) is 0.575. The minimum Gasteiger partial charge on any atom is -0.495 e. The van der Waals surface area contributed by atoms with Gasteiger partial charge in [-0.3, -0.25) is 20.8 Å². The van der Waals surface area contributed by atoms with Crippen LogP contribution in [0.15, 0.2) is 45.4 Å². The molecule has 123 valence electrons. The van der Waals surface area contributed by atoms with Gasteiger partial charge in [0.1, 0.15) is 11.9 Å². The molecule has 0 fully saturated rings. The Balaban J connectivity index is 0.000000403. The number of aliphatic hydroxyl groups excluding tert-OH is 2. The molecule has 2 unspecified atom stereocenters. The molecule has 4 N–H and O–H groups in total. The third-order valence-corrected chi connectivity index (χ3v) is 2.54. The van der Waals surface area contributed by atoms with Gasteiger partial charge in [0, 0.05) is 29.5 Å². The van der Waals surface area contributed by atoms with Gasteiger partial charge < -0.3 is 10.2 Å². The van der Waals surface area contributed by atoms with E-state index in [9.17, 15) is 9.59 Å². The molecule has 23 heavy (non-hydrogen) atoms. The maximum atomic E-state index is 10.2. The molecule has 2 rings (SSSR count). The second-order valence-electron chi connectivity index (χ2n) is 4.00. The Hall–Kier alpha value is -2.82. The van der Waals surface area contributed by atoms with E-state index in [4.69, 9.17) is 21.0 Å². The van der Waals surface area contributed by atoms with Crippen LogP contribution in [0.1, 0.15) is 0 Å². The molecule has 0 aromatic rings. The molecule has 2 aliphatic rings. The number of allylic oxidation sites excluding steroid dienone is 2. The van der Waals surface area contributed by atoms with Crippen LogP contribution in [-0.4, -0.2) is 58.4 Å². The Bertz CT molecular complexity index is 636. The van der Waals surface area contributed by atoms with Crippen LogP contribution < -0.4 is 0 Å². The van der Waals surface area contributed by atoms with Crippen LogP contribution in [-0.2, 0) is 26.7 Å². The third-order valence-electron chi connectivity index (χ3n) is 2.54. The Labute approximate surface area is 141 Å². The Morgan fingerprint density at radius 3 is 1.48 bits per heavy atom.